The molecule has 2 aliphatic carbocycles. The molecule has 0 aromatic heterocycles. The molecule has 45 heavy (non-hydrogen) atoms. The van der Waals surface area contributed by atoms with Crippen LogP contribution in [-0.4, -0.2) is 0 Å². The van der Waals surface area contributed by atoms with Gasteiger partial charge in [-0.3, -0.25) is 0 Å². The van der Waals surface area contributed by atoms with Crippen LogP contribution in [0.25, 0.3) is 76.5 Å². The van der Waals surface area contributed by atoms with Gasteiger partial charge in [-0.2, -0.15) is 0 Å². The van der Waals surface area contributed by atoms with Crippen molar-refractivity contribution < 1.29 is 0 Å². The summed E-state index contributed by atoms with van der Waals surface area (Å²) < 4.78 is 0. The number of hydrogen-bond donors (Lipinski definition) is 0. The van der Waals surface area contributed by atoms with E-state index in [9.17, 15) is 0 Å². The minimum Gasteiger partial charge on any atom is -0.0622 e. The maximum atomic E-state index is 2.58. The molecule has 8 aromatic carbocycles. The lowest BCUT2D eigenvalue weighted by atomic mass is 9.79. The molecule has 0 amide bonds. The van der Waals surface area contributed by atoms with Gasteiger partial charge in [-0.1, -0.05) is 125 Å². The van der Waals surface area contributed by atoms with Gasteiger partial charge in [-0.15, -0.1) is 0 Å². The van der Waals surface area contributed by atoms with Crippen LogP contribution >= 0.6 is 0 Å². The molecule has 0 fully saturated rings. The second-order valence-corrected chi connectivity index (χ2v) is 14.6. The molecule has 0 atom stereocenters. The summed E-state index contributed by atoms with van der Waals surface area (Å²) in [6.07, 6.45) is 0. The standard InChI is InChI=1S/C45H34/c1-25-21-38-42(31-14-10-9-13-29(25)31)34-23-37-35(24-36(34)44(38,2)3)43-33-20-16-27-15-18-30(26-11-7-6-8-12-26)32-19-17-28(41(33)40(27)32)22-39(43)45(37,4)5/h6-24H,1-5H3. The van der Waals surface area contributed by atoms with Crippen LogP contribution in [0.15, 0.2) is 115 Å². The third-order valence-corrected chi connectivity index (χ3v) is 11.5. The van der Waals surface area contributed by atoms with Crippen LogP contribution in [0.5, 0.6) is 0 Å². The van der Waals surface area contributed by atoms with Crippen LogP contribution in [0.4, 0.5) is 0 Å². The molecule has 0 saturated heterocycles. The molecular weight excluding hydrogens is 540 g/mol. The van der Waals surface area contributed by atoms with E-state index in [1.165, 1.54) is 104 Å². The summed E-state index contributed by atoms with van der Waals surface area (Å²) >= 11 is 0. The topological polar surface area (TPSA) is 0 Å². The molecule has 8 aromatic rings. The van der Waals surface area contributed by atoms with E-state index in [2.05, 4.69) is 150 Å². The third kappa shape index (κ3) is 3.03. The first-order chi connectivity index (χ1) is 21.7. The average molecular weight is 575 g/mol. The number of fused-ring (bicyclic) bond motifs is 9. The number of benzene rings is 8. The van der Waals surface area contributed by atoms with E-state index in [4.69, 9.17) is 0 Å². The molecule has 0 radical (unpaired) electrons. The monoisotopic (exact) mass is 574 g/mol. The van der Waals surface area contributed by atoms with Gasteiger partial charge in [0.25, 0.3) is 0 Å². The van der Waals surface area contributed by atoms with Gasteiger partial charge < -0.3 is 0 Å². The van der Waals surface area contributed by atoms with Crippen LogP contribution in [0, 0.1) is 6.92 Å². The summed E-state index contributed by atoms with van der Waals surface area (Å²) in [7, 11) is 0. The van der Waals surface area contributed by atoms with Crippen molar-refractivity contribution in [1.82, 2.24) is 0 Å². The van der Waals surface area contributed by atoms with E-state index in [-0.39, 0.29) is 10.8 Å². The lowest BCUT2D eigenvalue weighted by molar-refractivity contribution is 0.652. The van der Waals surface area contributed by atoms with Gasteiger partial charge in [-0.05, 0) is 129 Å². The molecule has 0 bridgehead atoms. The molecule has 0 heterocycles. The zero-order chi connectivity index (χ0) is 30.4. The highest BCUT2D eigenvalue weighted by Crippen LogP contribution is 2.59. The van der Waals surface area contributed by atoms with Crippen LogP contribution in [0.2, 0.25) is 0 Å². The second kappa shape index (κ2) is 8.20. The Morgan fingerprint density at radius 1 is 0.400 bits per heavy atom. The zero-order valence-corrected chi connectivity index (χ0v) is 26.5. The fraction of sp³-hybridized carbons (Fsp3) is 0.156. The molecule has 0 N–H and O–H groups in total. The molecular formula is C45H34. The Labute approximate surface area is 264 Å². The van der Waals surface area contributed by atoms with Gasteiger partial charge in [0.15, 0.2) is 0 Å². The molecule has 214 valence electrons. The van der Waals surface area contributed by atoms with Gasteiger partial charge in [0.2, 0.25) is 0 Å². The highest BCUT2D eigenvalue weighted by molar-refractivity contribution is 6.28. The Morgan fingerprint density at radius 2 is 0.956 bits per heavy atom. The second-order valence-electron chi connectivity index (χ2n) is 14.6. The summed E-state index contributed by atoms with van der Waals surface area (Å²) in [5.74, 6) is 0. The summed E-state index contributed by atoms with van der Waals surface area (Å²) in [6.45, 7) is 12.0. The molecule has 0 unspecified atom stereocenters. The van der Waals surface area contributed by atoms with E-state index in [0.29, 0.717) is 0 Å². The highest BCUT2D eigenvalue weighted by Gasteiger charge is 2.43. The van der Waals surface area contributed by atoms with Gasteiger partial charge in [0.05, 0.1) is 0 Å². The first-order valence-electron chi connectivity index (χ1n) is 16.3. The average Bonchev–Trinajstić information content (AvgIpc) is 3.41. The van der Waals surface area contributed by atoms with E-state index < -0.39 is 0 Å². The summed E-state index contributed by atoms with van der Waals surface area (Å²) in [6, 6.07) is 44.0. The van der Waals surface area contributed by atoms with Gasteiger partial charge in [-0.25, -0.2) is 0 Å². The van der Waals surface area contributed by atoms with Gasteiger partial charge in [0, 0.05) is 10.8 Å². The molecule has 0 heteroatoms. The van der Waals surface area contributed by atoms with Crippen molar-refractivity contribution in [2.45, 2.75) is 45.4 Å². The van der Waals surface area contributed by atoms with E-state index in [1.807, 2.05) is 0 Å². The number of rotatable bonds is 1. The fourth-order valence-electron chi connectivity index (χ4n) is 9.21. The Balaban J connectivity index is 1.30. The summed E-state index contributed by atoms with van der Waals surface area (Å²) in [5.41, 5.74) is 15.3. The molecule has 0 spiro atoms. The zero-order valence-electron chi connectivity index (χ0n) is 26.5. The number of aryl methyl sites for hydroxylation is 1. The summed E-state index contributed by atoms with van der Waals surface area (Å²) in [4.78, 5) is 0. The predicted molar refractivity (Wildman–Crippen MR) is 193 cm³/mol. The molecule has 0 aliphatic heterocycles. The smallest absolute Gasteiger partial charge is 0.0159 e. The van der Waals surface area contributed by atoms with Crippen LogP contribution in [-0.2, 0) is 10.8 Å². The van der Waals surface area contributed by atoms with Gasteiger partial charge in [0.1, 0.15) is 0 Å². The first kappa shape index (κ1) is 25.4. The van der Waals surface area contributed by atoms with Crippen molar-refractivity contribution >= 4 is 43.1 Å². The van der Waals surface area contributed by atoms with Crippen LogP contribution in [0.1, 0.15) is 55.5 Å². The molecule has 10 rings (SSSR count). The molecule has 2 aliphatic rings. The van der Waals surface area contributed by atoms with Crippen molar-refractivity contribution in [2.75, 3.05) is 0 Å². The lowest BCUT2D eigenvalue weighted by Gasteiger charge is -2.24. The van der Waals surface area contributed by atoms with E-state index in [0.717, 1.165) is 0 Å². The van der Waals surface area contributed by atoms with Crippen molar-refractivity contribution in [3.05, 3.63) is 143 Å². The minimum absolute atomic E-state index is 0.0737. The molecule has 0 nitrogen and oxygen atoms in total. The largest absolute Gasteiger partial charge is 0.0622 e. The van der Waals surface area contributed by atoms with Crippen molar-refractivity contribution in [3.63, 3.8) is 0 Å². The molecule has 0 saturated carbocycles. The Morgan fingerprint density at radius 3 is 1.69 bits per heavy atom. The van der Waals surface area contributed by atoms with E-state index >= 15 is 0 Å². The van der Waals surface area contributed by atoms with Gasteiger partial charge >= 0.3 is 0 Å². The predicted octanol–water partition coefficient (Wildman–Crippen LogP) is 12.3. The maximum absolute atomic E-state index is 2.58. The fourth-order valence-corrected chi connectivity index (χ4v) is 9.21. The first-order valence-corrected chi connectivity index (χ1v) is 16.3. The maximum Gasteiger partial charge on any atom is 0.0159 e. The van der Waals surface area contributed by atoms with Crippen LogP contribution < -0.4 is 0 Å². The Kier molecular flexibility index (Phi) is 4.63. The van der Waals surface area contributed by atoms with Crippen molar-refractivity contribution in [2.24, 2.45) is 0 Å². The van der Waals surface area contributed by atoms with Crippen LogP contribution in [0.3, 0.4) is 0 Å². The minimum atomic E-state index is -0.104. The van der Waals surface area contributed by atoms with Crippen molar-refractivity contribution in [1.29, 1.82) is 0 Å². The van der Waals surface area contributed by atoms with E-state index in [1.54, 1.807) is 0 Å². The normalized spacial score (nSPS) is 15.6. The Bertz CT molecular complexity index is 2580. The van der Waals surface area contributed by atoms with Crippen molar-refractivity contribution in [3.8, 4) is 33.4 Å². The Hall–Kier alpha value is -4.94. The lowest BCUT2D eigenvalue weighted by Crippen LogP contribution is -2.17. The highest BCUT2D eigenvalue weighted by atomic mass is 14.5. The number of hydrogen-bond acceptors (Lipinski definition) is 0. The quantitative estimate of drug-likeness (QED) is 0.171. The third-order valence-electron chi connectivity index (χ3n) is 11.5. The SMILES string of the molecule is Cc1cc2c(c3ccccc13)-c1cc3c(cc1C2(C)C)-c1c(cc2ccc4c(-c5ccccc5)ccc5ccc1c2c54)C3(C)C. The summed E-state index contributed by atoms with van der Waals surface area (Å²) in [5, 5.41) is 10.9.